The van der Waals surface area contributed by atoms with Gasteiger partial charge in [-0.25, -0.2) is 4.98 Å². The minimum atomic E-state index is -0.221. The standard InChI is InChI=1S/C18H19N5O3/c1-25-14-4-2-12(3-5-14)16-8-13(22-26-16)9-20-18(24)15-11-23-7-6-19-10-17(23)21-15/h2-5,8,11,19H,6-7,9-10H2,1H3,(H,20,24). The maximum Gasteiger partial charge on any atom is 0.271 e. The first-order valence-corrected chi connectivity index (χ1v) is 8.38. The van der Waals surface area contributed by atoms with E-state index in [4.69, 9.17) is 9.26 Å². The molecule has 0 radical (unpaired) electrons. The molecule has 1 aliphatic heterocycles. The Kier molecular flexibility index (Phi) is 4.40. The van der Waals surface area contributed by atoms with Gasteiger partial charge in [-0.1, -0.05) is 5.16 Å². The summed E-state index contributed by atoms with van der Waals surface area (Å²) in [4.78, 5) is 16.7. The summed E-state index contributed by atoms with van der Waals surface area (Å²) < 4.78 is 12.5. The molecule has 0 fully saturated rings. The molecule has 0 bridgehead atoms. The molecule has 0 spiro atoms. The van der Waals surface area contributed by atoms with Crippen LogP contribution in [0.15, 0.2) is 41.1 Å². The first kappa shape index (κ1) is 16.3. The number of methoxy groups -OCH3 is 1. The van der Waals surface area contributed by atoms with Crippen LogP contribution >= 0.6 is 0 Å². The average Bonchev–Trinajstić information content (AvgIpc) is 3.33. The molecule has 26 heavy (non-hydrogen) atoms. The van der Waals surface area contributed by atoms with E-state index in [2.05, 4.69) is 20.8 Å². The monoisotopic (exact) mass is 353 g/mol. The topological polar surface area (TPSA) is 94.2 Å². The third kappa shape index (κ3) is 3.31. The van der Waals surface area contributed by atoms with Crippen molar-refractivity contribution in [2.45, 2.75) is 19.6 Å². The van der Waals surface area contributed by atoms with Gasteiger partial charge >= 0.3 is 0 Å². The maximum absolute atomic E-state index is 12.3. The van der Waals surface area contributed by atoms with E-state index in [1.54, 1.807) is 13.3 Å². The van der Waals surface area contributed by atoms with Gasteiger partial charge in [-0.15, -0.1) is 0 Å². The Hall–Kier alpha value is -3.13. The molecule has 0 aliphatic carbocycles. The fraction of sp³-hybridized carbons (Fsp3) is 0.278. The lowest BCUT2D eigenvalue weighted by atomic mass is 10.1. The van der Waals surface area contributed by atoms with Crippen molar-refractivity contribution in [3.05, 3.63) is 53.7 Å². The van der Waals surface area contributed by atoms with Crippen molar-refractivity contribution in [1.29, 1.82) is 0 Å². The number of imidazole rings is 1. The van der Waals surface area contributed by atoms with Crippen molar-refractivity contribution >= 4 is 5.91 Å². The van der Waals surface area contributed by atoms with Gasteiger partial charge in [0.15, 0.2) is 5.76 Å². The summed E-state index contributed by atoms with van der Waals surface area (Å²) in [5, 5.41) is 10.1. The van der Waals surface area contributed by atoms with Crippen LogP contribution in [0.5, 0.6) is 5.75 Å². The highest BCUT2D eigenvalue weighted by Crippen LogP contribution is 2.23. The Labute approximate surface area is 150 Å². The van der Waals surface area contributed by atoms with Crippen molar-refractivity contribution < 1.29 is 14.1 Å². The van der Waals surface area contributed by atoms with E-state index in [0.29, 0.717) is 23.7 Å². The molecule has 134 valence electrons. The Morgan fingerprint density at radius 2 is 2.23 bits per heavy atom. The molecule has 0 saturated heterocycles. The highest BCUT2D eigenvalue weighted by molar-refractivity contribution is 5.92. The second kappa shape index (κ2) is 7.01. The molecule has 3 aromatic rings. The molecule has 2 aromatic heterocycles. The summed E-state index contributed by atoms with van der Waals surface area (Å²) in [5.41, 5.74) is 1.96. The number of aromatic nitrogens is 3. The molecule has 0 atom stereocenters. The molecule has 1 aromatic carbocycles. The number of amides is 1. The molecule has 0 saturated carbocycles. The van der Waals surface area contributed by atoms with Gasteiger partial charge in [-0.3, -0.25) is 4.79 Å². The van der Waals surface area contributed by atoms with E-state index in [1.165, 1.54) is 0 Å². The zero-order chi connectivity index (χ0) is 17.9. The Morgan fingerprint density at radius 3 is 3.00 bits per heavy atom. The molecule has 0 unspecified atom stereocenters. The third-order valence-electron chi connectivity index (χ3n) is 4.27. The summed E-state index contributed by atoms with van der Waals surface area (Å²) >= 11 is 0. The van der Waals surface area contributed by atoms with E-state index in [1.807, 2.05) is 34.9 Å². The molecule has 1 aliphatic rings. The lowest BCUT2D eigenvalue weighted by Gasteiger charge is -2.13. The minimum absolute atomic E-state index is 0.221. The lowest BCUT2D eigenvalue weighted by Crippen LogP contribution is -2.27. The number of carbonyl (C=O) groups excluding carboxylic acids is 1. The molecule has 3 heterocycles. The predicted molar refractivity (Wildman–Crippen MR) is 93.6 cm³/mol. The van der Waals surface area contributed by atoms with Crippen LogP contribution in [0.4, 0.5) is 0 Å². The number of rotatable bonds is 5. The van der Waals surface area contributed by atoms with Gasteiger partial charge in [0.2, 0.25) is 0 Å². The molecule has 8 nitrogen and oxygen atoms in total. The lowest BCUT2D eigenvalue weighted by molar-refractivity contribution is 0.0945. The summed E-state index contributed by atoms with van der Waals surface area (Å²) in [7, 11) is 1.62. The van der Waals surface area contributed by atoms with Crippen LogP contribution in [-0.2, 0) is 19.6 Å². The van der Waals surface area contributed by atoms with Crippen LogP contribution in [0.1, 0.15) is 22.0 Å². The number of hydrogen-bond acceptors (Lipinski definition) is 6. The van der Waals surface area contributed by atoms with Gasteiger partial charge in [-0.2, -0.15) is 0 Å². The predicted octanol–water partition coefficient (Wildman–Crippen LogP) is 1.58. The van der Waals surface area contributed by atoms with E-state index in [0.717, 1.165) is 30.2 Å². The summed E-state index contributed by atoms with van der Waals surface area (Å²) in [6, 6.07) is 9.31. The molecule has 2 N–H and O–H groups in total. The first-order valence-electron chi connectivity index (χ1n) is 8.38. The van der Waals surface area contributed by atoms with Crippen molar-refractivity contribution in [2.75, 3.05) is 13.7 Å². The van der Waals surface area contributed by atoms with Crippen molar-refractivity contribution in [2.24, 2.45) is 0 Å². The molecule has 1 amide bonds. The fourth-order valence-corrected chi connectivity index (χ4v) is 2.85. The minimum Gasteiger partial charge on any atom is -0.497 e. The van der Waals surface area contributed by atoms with E-state index < -0.39 is 0 Å². The number of hydrogen-bond donors (Lipinski definition) is 2. The van der Waals surface area contributed by atoms with Gasteiger partial charge in [0.1, 0.15) is 23.0 Å². The van der Waals surface area contributed by atoms with Crippen LogP contribution in [0.2, 0.25) is 0 Å². The quantitative estimate of drug-likeness (QED) is 0.723. The van der Waals surface area contributed by atoms with E-state index >= 15 is 0 Å². The van der Waals surface area contributed by atoms with Gasteiger partial charge in [-0.05, 0) is 24.3 Å². The SMILES string of the molecule is COc1ccc(-c2cc(CNC(=O)c3cn4c(n3)CNCC4)no2)cc1. The second-order valence-corrected chi connectivity index (χ2v) is 6.01. The van der Waals surface area contributed by atoms with E-state index in [-0.39, 0.29) is 12.5 Å². The molecular weight excluding hydrogens is 334 g/mol. The van der Waals surface area contributed by atoms with Crippen molar-refractivity contribution in [1.82, 2.24) is 25.3 Å². The largest absolute Gasteiger partial charge is 0.497 e. The molecule has 8 heteroatoms. The smallest absolute Gasteiger partial charge is 0.271 e. The van der Waals surface area contributed by atoms with Crippen LogP contribution in [0.3, 0.4) is 0 Å². The Balaban J connectivity index is 1.39. The number of nitrogens with one attached hydrogen (secondary N) is 2. The number of benzene rings is 1. The normalized spacial score (nSPS) is 13.3. The Bertz CT molecular complexity index is 890. The van der Waals surface area contributed by atoms with Crippen LogP contribution in [-0.4, -0.2) is 34.3 Å². The first-order chi connectivity index (χ1) is 12.7. The van der Waals surface area contributed by atoms with E-state index in [9.17, 15) is 4.79 Å². The fourth-order valence-electron chi connectivity index (χ4n) is 2.85. The highest BCUT2D eigenvalue weighted by atomic mass is 16.5. The average molecular weight is 353 g/mol. The van der Waals surface area contributed by atoms with Gasteiger partial charge in [0.25, 0.3) is 5.91 Å². The second-order valence-electron chi connectivity index (χ2n) is 6.01. The highest BCUT2D eigenvalue weighted by Gasteiger charge is 2.17. The molecule has 4 rings (SSSR count). The summed E-state index contributed by atoms with van der Waals surface area (Å²) in [6.45, 7) is 2.67. The number of fused-ring (bicyclic) bond motifs is 1. The zero-order valence-electron chi connectivity index (χ0n) is 14.4. The number of carbonyl (C=O) groups is 1. The van der Waals surface area contributed by atoms with Crippen LogP contribution in [0, 0.1) is 0 Å². The third-order valence-corrected chi connectivity index (χ3v) is 4.27. The van der Waals surface area contributed by atoms with Gasteiger partial charge < -0.3 is 24.5 Å². The molecular formula is C18H19N5O3. The van der Waals surface area contributed by atoms with Crippen molar-refractivity contribution in [3.8, 4) is 17.1 Å². The zero-order valence-corrected chi connectivity index (χ0v) is 14.4. The van der Waals surface area contributed by atoms with Crippen molar-refractivity contribution in [3.63, 3.8) is 0 Å². The maximum atomic E-state index is 12.3. The number of ether oxygens (including phenoxy) is 1. The number of nitrogens with zero attached hydrogens (tertiary/aromatic N) is 3. The Morgan fingerprint density at radius 1 is 1.38 bits per heavy atom. The van der Waals surface area contributed by atoms with Crippen LogP contribution in [0.25, 0.3) is 11.3 Å². The van der Waals surface area contributed by atoms with Gasteiger partial charge in [0.05, 0.1) is 20.2 Å². The summed E-state index contributed by atoms with van der Waals surface area (Å²) in [5.74, 6) is 2.07. The summed E-state index contributed by atoms with van der Waals surface area (Å²) in [6.07, 6.45) is 1.79. The van der Waals surface area contributed by atoms with Gasteiger partial charge in [0, 0.05) is 30.9 Å². The van der Waals surface area contributed by atoms with Crippen LogP contribution < -0.4 is 15.4 Å².